The summed E-state index contributed by atoms with van der Waals surface area (Å²) in [6.07, 6.45) is 1.19. The predicted octanol–water partition coefficient (Wildman–Crippen LogP) is 3.27. The van der Waals surface area contributed by atoms with Crippen molar-refractivity contribution in [2.75, 3.05) is 30.5 Å². The minimum absolute atomic E-state index is 0.0361. The van der Waals surface area contributed by atoms with Crippen molar-refractivity contribution in [1.29, 1.82) is 0 Å². The monoisotopic (exact) mass is 402 g/mol. The Morgan fingerprint density at radius 2 is 2.00 bits per heavy atom. The van der Waals surface area contributed by atoms with E-state index < -0.39 is 18.5 Å². The minimum Gasteiger partial charge on any atom is -0.495 e. The van der Waals surface area contributed by atoms with Gasteiger partial charge in [-0.25, -0.2) is 4.79 Å². The number of ether oxygens (including phenoxy) is 2. The number of carbonyl (C=O) groups is 3. The summed E-state index contributed by atoms with van der Waals surface area (Å²) in [5, 5.41) is 3.02. The van der Waals surface area contributed by atoms with Crippen LogP contribution in [0.5, 0.6) is 5.75 Å². The van der Waals surface area contributed by atoms with Crippen molar-refractivity contribution in [1.82, 2.24) is 0 Å². The molecule has 1 aliphatic rings. The number of hydrogen-bond donors (Lipinski definition) is 1. The van der Waals surface area contributed by atoms with E-state index in [0.29, 0.717) is 35.1 Å². The van der Waals surface area contributed by atoms with Gasteiger partial charge in [-0.15, -0.1) is 0 Å². The Balaban J connectivity index is 1.66. The Bertz CT molecular complexity index is 915. The molecule has 0 radical (unpaired) electrons. The van der Waals surface area contributed by atoms with Crippen LogP contribution in [-0.4, -0.2) is 38.0 Å². The van der Waals surface area contributed by atoms with Gasteiger partial charge in [0.05, 0.1) is 24.0 Å². The fourth-order valence-corrected chi connectivity index (χ4v) is 3.13. The van der Waals surface area contributed by atoms with E-state index in [1.807, 2.05) is 0 Å². The Kier molecular flexibility index (Phi) is 6.16. The smallest absolute Gasteiger partial charge is 0.340 e. The number of amides is 2. The van der Waals surface area contributed by atoms with Gasteiger partial charge in [-0.1, -0.05) is 23.7 Å². The average Bonchev–Trinajstić information content (AvgIpc) is 3.12. The first-order valence-electron chi connectivity index (χ1n) is 8.69. The highest BCUT2D eigenvalue weighted by Crippen LogP contribution is 2.28. The second-order valence-corrected chi connectivity index (χ2v) is 6.57. The molecule has 3 rings (SSSR count). The highest BCUT2D eigenvalue weighted by atomic mass is 35.5. The number of carbonyl (C=O) groups excluding carboxylic acids is 3. The van der Waals surface area contributed by atoms with Crippen molar-refractivity contribution < 1.29 is 23.9 Å². The van der Waals surface area contributed by atoms with Crippen LogP contribution in [0.25, 0.3) is 0 Å². The summed E-state index contributed by atoms with van der Waals surface area (Å²) in [7, 11) is 1.47. The Labute approximate surface area is 167 Å². The quantitative estimate of drug-likeness (QED) is 0.749. The molecule has 28 heavy (non-hydrogen) atoms. The van der Waals surface area contributed by atoms with E-state index in [1.165, 1.54) is 13.2 Å². The van der Waals surface area contributed by atoms with Gasteiger partial charge in [0, 0.05) is 18.0 Å². The molecule has 0 aromatic heterocycles. The predicted molar refractivity (Wildman–Crippen MR) is 105 cm³/mol. The van der Waals surface area contributed by atoms with E-state index in [2.05, 4.69) is 5.32 Å². The summed E-state index contributed by atoms with van der Waals surface area (Å²) in [6.45, 7) is 0.0644. The number of anilines is 2. The van der Waals surface area contributed by atoms with E-state index in [0.717, 1.165) is 6.42 Å². The summed E-state index contributed by atoms with van der Waals surface area (Å²) >= 11 is 5.93. The molecule has 1 aliphatic heterocycles. The molecule has 2 amide bonds. The number of methoxy groups -OCH3 is 1. The summed E-state index contributed by atoms with van der Waals surface area (Å²) in [6, 6.07) is 11.5. The first-order valence-corrected chi connectivity index (χ1v) is 9.07. The molecule has 7 nitrogen and oxygen atoms in total. The van der Waals surface area contributed by atoms with E-state index >= 15 is 0 Å². The second-order valence-electron chi connectivity index (χ2n) is 6.13. The van der Waals surface area contributed by atoms with Gasteiger partial charge in [-0.05, 0) is 36.8 Å². The molecule has 1 saturated heterocycles. The zero-order chi connectivity index (χ0) is 20.1. The highest BCUT2D eigenvalue weighted by molar-refractivity contribution is 6.31. The van der Waals surface area contributed by atoms with Crippen molar-refractivity contribution in [3.63, 3.8) is 0 Å². The molecule has 0 saturated carbocycles. The van der Waals surface area contributed by atoms with Gasteiger partial charge >= 0.3 is 5.97 Å². The normalized spacial score (nSPS) is 13.4. The number of hydrogen-bond acceptors (Lipinski definition) is 5. The number of para-hydroxylation sites is 1. The molecule has 146 valence electrons. The Morgan fingerprint density at radius 1 is 1.21 bits per heavy atom. The maximum atomic E-state index is 12.5. The average molecular weight is 403 g/mol. The summed E-state index contributed by atoms with van der Waals surface area (Å²) in [5.41, 5.74) is 1.11. The van der Waals surface area contributed by atoms with Crippen LogP contribution in [0.3, 0.4) is 0 Å². The zero-order valence-electron chi connectivity index (χ0n) is 15.2. The van der Waals surface area contributed by atoms with Gasteiger partial charge in [0.2, 0.25) is 5.91 Å². The largest absolute Gasteiger partial charge is 0.495 e. The zero-order valence-corrected chi connectivity index (χ0v) is 16.0. The molecule has 0 aliphatic carbocycles. The fraction of sp³-hybridized carbons (Fsp3) is 0.250. The van der Waals surface area contributed by atoms with Crippen LogP contribution in [0.2, 0.25) is 5.02 Å². The molecule has 0 spiro atoms. The van der Waals surface area contributed by atoms with Gasteiger partial charge in [0.1, 0.15) is 5.75 Å². The lowest BCUT2D eigenvalue weighted by atomic mass is 10.1. The molecule has 8 heteroatoms. The third-order valence-electron chi connectivity index (χ3n) is 4.26. The van der Waals surface area contributed by atoms with Crippen molar-refractivity contribution in [2.45, 2.75) is 12.8 Å². The lowest BCUT2D eigenvalue weighted by Crippen LogP contribution is -2.27. The SMILES string of the molecule is COc1ccc(Cl)cc1NC(=O)COC(=O)c1ccccc1N1CCCC1=O. The van der Waals surface area contributed by atoms with Gasteiger partial charge in [0.25, 0.3) is 5.91 Å². The first kappa shape index (κ1) is 19.7. The molecule has 0 unspecified atom stereocenters. The Morgan fingerprint density at radius 3 is 2.71 bits per heavy atom. The van der Waals surface area contributed by atoms with Crippen molar-refractivity contribution in [3.05, 3.63) is 53.1 Å². The molecule has 1 heterocycles. The van der Waals surface area contributed by atoms with Gasteiger partial charge < -0.3 is 19.7 Å². The molecule has 0 bridgehead atoms. The van der Waals surface area contributed by atoms with Gasteiger partial charge in [-0.2, -0.15) is 0 Å². The van der Waals surface area contributed by atoms with Gasteiger partial charge in [-0.3, -0.25) is 9.59 Å². The highest BCUT2D eigenvalue weighted by Gasteiger charge is 2.26. The standard InChI is InChI=1S/C20H19ClN2O5/c1-27-17-9-8-13(21)11-15(17)22-18(24)12-28-20(26)14-5-2-3-6-16(14)23-10-4-7-19(23)25/h2-3,5-6,8-9,11H,4,7,10,12H2,1H3,(H,22,24). The molecule has 1 N–H and O–H groups in total. The molecular weight excluding hydrogens is 384 g/mol. The van der Waals surface area contributed by atoms with Crippen LogP contribution in [0.1, 0.15) is 23.2 Å². The van der Waals surface area contributed by atoms with Crippen LogP contribution in [0.4, 0.5) is 11.4 Å². The van der Waals surface area contributed by atoms with E-state index in [4.69, 9.17) is 21.1 Å². The Hall–Kier alpha value is -3.06. The van der Waals surface area contributed by atoms with Crippen LogP contribution in [0.15, 0.2) is 42.5 Å². The minimum atomic E-state index is -0.677. The number of benzene rings is 2. The fourth-order valence-electron chi connectivity index (χ4n) is 2.96. The topological polar surface area (TPSA) is 84.9 Å². The van der Waals surface area contributed by atoms with Crippen molar-refractivity contribution in [3.8, 4) is 5.75 Å². The van der Waals surface area contributed by atoms with Crippen LogP contribution in [-0.2, 0) is 14.3 Å². The van der Waals surface area contributed by atoms with Gasteiger partial charge in [0.15, 0.2) is 6.61 Å². The number of halogens is 1. The van der Waals surface area contributed by atoms with E-state index in [1.54, 1.807) is 41.3 Å². The van der Waals surface area contributed by atoms with Crippen LogP contribution in [0, 0.1) is 0 Å². The number of rotatable bonds is 6. The summed E-state index contributed by atoms with van der Waals surface area (Å²) < 4.78 is 10.3. The molecule has 1 fully saturated rings. The van der Waals surface area contributed by atoms with Crippen LogP contribution >= 0.6 is 11.6 Å². The van der Waals surface area contributed by atoms with E-state index in [-0.39, 0.29) is 11.5 Å². The lowest BCUT2D eigenvalue weighted by Gasteiger charge is -2.18. The van der Waals surface area contributed by atoms with Crippen molar-refractivity contribution >= 4 is 40.8 Å². The second kappa shape index (κ2) is 8.75. The third-order valence-corrected chi connectivity index (χ3v) is 4.49. The lowest BCUT2D eigenvalue weighted by molar-refractivity contribution is -0.119. The summed E-state index contributed by atoms with van der Waals surface area (Å²) in [4.78, 5) is 38.2. The molecule has 2 aromatic carbocycles. The van der Waals surface area contributed by atoms with Crippen molar-refractivity contribution in [2.24, 2.45) is 0 Å². The maximum absolute atomic E-state index is 12.5. The molecule has 2 aromatic rings. The number of nitrogens with zero attached hydrogens (tertiary/aromatic N) is 1. The maximum Gasteiger partial charge on any atom is 0.340 e. The number of esters is 1. The molecular formula is C20H19ClN2O5. The first-order chi connectivity index (χ1) is 13.5. The number of nitrogens with one attached hydrogen (secondary N) is 1. The van der Waals surface area contributed by atoms with E-state index in [9.17, 15) is 14.4 Å². The van der Waals surface area contributed by atoms with Crippen LogP contribution < -0.4 is 15.0 Å². The molecule has 0 atom stereocenters. The third kappa shape index (κ3) is 4.43. The summed E-state index contributed by atoms with van der Waals surface area (Å²) in [5.74, 6) is -0.819.